The summed E-state index contributed by atoms with van der Waals surface area (Å²) >= 11 is 3.11. The average Bonchev–Trinajstić information content (AvgIpc) is 2.76. The van der Waals surface area contributed by atoms with Gasteiger partial charge in [0.1, 0.15) is 21.3 Å². The second-order valence-corrected chi connectivity index (χ2v) is 7.42. The SMILES string of the molecule is CCOC(=O)c1sc2nc(CSCC(C)C)nc(N)c2c1C. The molecule has 0 saturated heterocycles. The number of hydrogen-bond acceptors (Lipinski definition) is 7. The molecule has 0 aromatic carbocycles. The van der Waals surface area contributed by atoms with Crippen LogP contribution in [-0.4, -0.2) is 28.3 Å². The molecular formula is C15H21N3O2S2. The van der Waals surface area contributed by atoms with Crippen LogP contribution in [0.15, 0.2) is 0 Å². The van der Waals surface area contributed by atoms with Gasteiger partial charge in [-0.2, -0.15) is 11.8 Å². The summed E-state index contributed by atoms with van der Waals surface area (Å²) in [5.41, 5.74) is 6.87. The Morgan fingerprint density at radius 3 is 2.77 bits per heavy atom. The fraction of sp³-hybridized carbons (Fsp3) is 0.533. The maximum absolute atomic E-state index is 12.0. The highest BCUT2D eigenvalue weighted by atomic mass is 32.2. The molecule has 5 nitrogen and oxygen atoms in total. The number of ether oxygens (including phenoxy) is 1. The van der Waals surface area contributed by atoms with Crippen LogP contribution in [0, 0.1) is 12.8 Å². The molecule has 120 valence electrons. The lowest BCUT2D eigenvalue weighted by Gasteiger charge is -2.05. The van der Waals surface area contributed by atoms with Crippen LogP contribution >= 0.6 is 23.1 Å². The van der Waals surface area contributed by atoms with Gasteiger partial charge in [-0.15, -0.1) is 11.3 Å². The second-order valence-electron chi connectivity index (χ2n) is 5.39. The molecule has 2 aromatic rings. The van der Waals surface area contributed by atoms with E-state index in [1.54, 1.807) is 18.7 Å². The van der Waals surface area contributed by atoms with Crippen molar-refractivity contribution < 1.29 is 9.53 Å². The number of nitrogens with two attached hydrogens (primary N) is 1. The molecular weight excluding hydrogens is 318 g/mol. The van der Waals surface area contributed by atoms with Crippen molar-refractivity contribution in [1.82, 2.24) is 9.97 Å². The first-order valence-electron chi connectivity index (χ1n) is 7.24. The summed E-state index contributed by atoms with van der Waals surface area (Å²) in [6, 6.07) is 0. The molecule has 0 saturated carbocycles. The molecule has 0 atom stereocenters. The van der Waals surface area contributed by atoms with E-state index in [2.05, 4.69) is 23.8 Å². The van der Waals surface area contributed by atoms with E-state index in [9.17, 15) is 4.79 Å². The highest BCUT2D eigenvalue weighted by Gasteiger charge is 2.20. The summed E-state index contributed by atoms with van der Waals surface area (Å²) in [5, 5.41) is 0.769. The third-order valence-electron chi connectivity index (χ3n) is 3.01. The van der Waals surface area contributed by atoms with Gasteiger partial charge in [-0.1, -0.05) is 13.8 Å². The first kappa shape index (κ1) is 17.0. The van der Waals surface area contributed by atoms with E-state index < -0.39 is 0 Å². The smallest absolute Gasteiger partial charge is 0.348 e. The quantitative estimate of drug-likeness (QED) is 0.809. The highest BCUT2D eigenvalue weighted by Crippen LogP contribution is 2.33. The highest BCUT2D eigenvalue weighted by molar-refractivity contribution is 7.98. The van der Waals surface area contributed by atoms with Crippen molar-refractivity contribution in [3.63, 3.8) is 0 Å². The van der Waals surface area contributed by atoms with Crippen molar-refractivity contribution in [2.75, 3.05) is 18.1 Å². The van der Waals surface area contributed by atoms with Crippen LogP contribution in [0.5, 0.6) is 0 Å². The number of carbonyl (C=O) groups is 1. The Morgan fingerprint density at radius 1 is 1.41 bits per heavy atom. The molecule has 0 radical (unpaired) electrons. The number of fused-ring (bicyclic) bond motifs is 1. The van der Waals surface area contributed by atoms with Crippen molar-refractivity contribution in [3.05, 3.63) is 16.3 Å². The number of aryl methyl sites for hydroxylation is 1. The van der Waals surface area contributed by atoms with E-state index in [4.69, 9.17) is 10.5 Å². The van der Waals surface area contributed by atoms with Crippen LogP contribution in [-0.2, 0) is 10.5 Å². The van der Waals surface area contributed by atoms with Crippen LogP contribution in [0.1, 0.15) is 41.8 Å². The van der Waals surface area contributed by atoms with E-state index in [0.717, 1.165) is 27.3 Å². The van der Waals surface area contributed by atoms with E-state index in [0.29, 0.717) is 29.0 Å². The molecule has 0 amide bonds. The lowest BCUT2D eigenvalue weighted by Crippen LogP contribution is -2.04. The standard InChI is InChI=1S/C15H21N3O2S2/c1-5-20-15(19)12-9(4)11-13(16)17-10(18-14(11)22-12)7-21-6-8(2)3/h8H,5-7H2,1-4H3,(H2,16,17,18). The van der Waals surface area contributed by atoms with E-state index in [1.807, 2.05) is 6.92 Å². The molecule has 2 rings (SSSR count). The lowest BCUT2D eigenvalue weighted by molar-refractivity contribution is 0.0531. The zero-order chi connectivity index (χ0) is 16.3. The number of carbonyl (C=O) groups excluding carboxylic acids is 1. The molecule has 22 heavy (non-hydrogen) atoms. The average molecular weight is 339 g/mol. The number of nitrogen functional groups attached to an aromatic ring is 1. The van der Waals surface area contributed by atoms with Gasteiger partial charge in [0, 0.05) is 0 Å². The van der Waals surface area contributed by atoms with Gasteiger partial charge < -0.3 is 10.5 Å². The van der Waals surface area contributed by atoms with Crippen LogP contribution in [0.2, 0.25) is 0 Å². The minimum Gasteiger partial charge on any atom is -0.462 e. The van der Waals surface area contributed by atoms with Gasteiger partial charge >= 0.3 is 5.97 Å². The van der Waals surface area contributed by atoms with Crippen molar-refractivity contribution in [1.29, 1.82) is 0 Å². The molecule has 0 unspecified atom stereocenters. The number of anilines is 1. The lowest BCUT2D eigenvalue weighted by atomic mass is 10.2. The Kier molecular flexibility index (Phi) is 5.63. The normalized spacial score (nSPS) is 11.3. The zero-order valence-electron chi connectivity index (χ0n) is 13.3. The van der Waals surface area contributed by atoms with E-state index in [-0.39, 0.29) is 5.97 Å². The van der Waals surface area contributed by atoms with Crippen LogP contribution in [0.4, 0.5) is 5.82 Å². The molecule has 0 aliphatic heterocycles. The Bertz CT molecular complexity index is 683. The molecule has 2 heterocycles. The van der Waals surface area contributed by atoms with Gasteiger partial charge in [0.25, 0.3) is 0 Å². The van der Waals surface area contributed by atoms with Gasteiger partial charge in [0.05, 0.1) is 17.7 Å². The van der Waals surface area contributed by atoms with Crippen LogP contribution in [0.3, 0.4) is 0 Å². The van der Waals surface area contributed by atoms with E-state index in [1.165, 1.54) is 11.3 Å². The largest absolute Gasteiger partial charge is 0.462 e. The fourth-order valence-electron chi connectivity index (χ4n) is 2.06. The summed E-state index contributed by atoms with van der Waals surface area (Å²) in [5.74, 6) is 3.24. The van der Waals surface area contributed by atoms with Crippen molar-refractivity contribution in [2.45, 2.75) is 33.4 Å². The molecule has 0 bridgehead atoms. The predicted molar refractivity (Wildman–Crippen MR) is 93.5 cm³/mol. The topological polar surface area (TPSA) is 78.1 Å². The van der Waals surface area contributed by atoms with Gasteiger partial charge in [-0.3, -0.25) is 0 Å². The number of aromatic nitrogens is 2. The minimum absolute atomic E-state index is 0.321. The predicted octanol–water partition coefficient (Wildman–Crippen LogP) is 3.65. The minimum atomic E-state index is -0.321. The zero-order valence-corrected chi connectivity index (χ0v) is 14.9. The van der Waals surface area contributed by atoms with Crippen LogP contribution in [0.25, 0.3) is 10.2 Å². The Hall–Kier alpha value is -1.34. The number of thioether (sulfide) groups is 1. The molecule has 0 aliphatic carbocycles. The summed E-state index contributed by atoms with van der Waals surface area (Å²) in [6.07, 6.45) is 0. The number of hydrogen-bond donors (Lipinski definition) is 1. The van der Waals surface area contributed by atoms with Gasteiger partial charge in [0.15, 0.2) is 0 Å². The number of esters is 1. The number of rotatable bonds is 6. The summed E-state index contributed by atoms with van der Waals surface area (Å²) in [4.78, 5) is 22.2. The third kappa shape index (κ3) is 3.70. The summed E-state index contributed by atoms with van der Waals surface area (Å²) in [6.45, 7) is 8.36. The molecule has 2 N–H and O–H groups in total. The maximum atomic E-state index is 12.0. The first-order chi connectivity index (χ1) is 10.4. The molecule has 0 fully saturated rings. The van der Waals surface area contributed by atoms with Gasteiger partial charge in [0.2, 0.25) is 0 Å². The van der Waals surface area contributed by atoms with Crippen LogP contribution < -0.4 is 5.73 Å². The molecule has 0 aliphatic rings. The van der Waals surface area contributed by atoms with Gasteiger partial charge in [-0.05, 0) is 31.1 Å². The number of thiophene rings is 1. The molecule has 0 spiro atoms. The summed E-state index contributed by atoms with van der Waals surface area (Å²) in [7, 11) is 0. The fourth-order valence-corrected chi connectivity index (χ4v) is 4.06. The molecule has 2 aromatic heterocycles. The van der Waals surface area contributed by atoms with Gasteiger partial charge in [-0.25, -0.2) is 14.8 Å². The van der Waals surface area contributed by atoms with Crippen molar-refractivity contribution in [3.8, 4) is 0 Å². The Labute approximate surface area is 138 Å². The first-order valence-corrected chi connectivity index (χ1v) is 9.21. The second kappa shape index (κ2) is 7.28. The van der Waals surface area contributed by atoms with Crippen molar-refractivity contribution >= 4 is 45.1 Å². The number of nitrogens with zero attached hydrogens (tertiary/aromatic N) is 2. The Morgan fingerprint density at radius 2 is 2.14 bits per heavy atom. The Balaban J connectivity index is 2.32. The maximum Gasteiger partial charge on any atom is 0.348 e. The van der Waals surface area contributed by atoms with E-state index >= 15 is 0 Å². The monoisotopic (exact) mass is 339 g/mol. The summed E-state index contributed by atoms with van der Waals surface area (Å²) < 4.78 is 5.08. The third-order valence-corrected chi connectivity index (χ3v) is 5.54. The van der Waals surface area contributed by atoms with Crippen molar-refractivity contribution in [2.24, 2.45) is 5.92 Å². The molecule has 7 heteroatoms.